The number of aliphatic imine (C=N–C) groups is 1. The van der Waals surface area contributed by atoms with Crippen molar-refractivity contribution in [1.82, 2.24) is 15.5 Å². The Kier molecular flexibility index (Phi) is 8.02. The molecule has 1 atom stereocenters. The number of likely N-dealkylation sites (tertiary alicyclic amines) is 1. The van der Waals surface area contributed by atoms with Crippen molar-refractivity contribution < 1.29 is 14.3 Å². The molecule has 1 aliphatic carbocycles. The second kappa shape index (κ2) is 10.9. The number of hydrogen-bond donors (Lipinski definition) is 2. The number of benzene rings is 1. The minimum atomic E-state index is 0.251. The summed E-state index contributed by atoms with van der Waals surface area (Å²) >= 11 is 0. The summed E-state index contributed by atoms with van der Waals surface area (Å²) in [5.74, 6) is 3.00. The number of rotatable bonds is 8. The van der Waals surface area contributed by atoms with E-state index in [4.69, 9.17) is 9.47 Å². The smallest absolute Gasteiger partial charge is 0.225 e. The Bertz CT molecular complexity index is 671. The zero-order valence-corrected chi connectivity index (χ0v) is 17.7. The van der Waals surface area contributed by atoms with Crippen molar-refractivity contribution in [3.05, 3.63) is 24.3 Å². The van der Waals surface area contributed by atoms with Crippen LogP contribution in [0.5, 0.6) is 11.5 Å². The molecule has 160 valence electrons. The van der Waals surface area contributed by atoms with Gasteiger partial charge in [-0.1, -0.05) is 12.8 Å². The van der Waals surface area contributed by atoms with Gasteiger partial charge in [-0.15, -0.1) is 0 Å². The van der Waals surface area contributed by atoms with Gasteiger partial charge in [-0.05, 0) is 50.5 Å². The maximum Gasteiger partial charge on any atom is 0.225 e. The molecule has 7 nitrogen and oxygen atoms in total. The fourth-order valence-electron chi connectivity index (χ4n) is 4.02. The van der Waals surface area contributed by atoms with Crippen LogP contribution in [0.25, 0.3) is 0 Å². The number of methoxy groups -OCH3 is 1. The van der Waals surface area contributed by atoms with Gasteiger partial charge in [-0.2, -0.15) is 0 Å². The summed E-state index contributed by atoms with van der Waals surface area (Å²) in [6, 6.07) is 7.79. The fraction of sp³-hybridized carbons (Fsp3) is 0.636. The lowest BCUT2D eigenvalue weighted by Gasteiger charge is -2.21. The summed E-state index contributed by atoms with van der Waals surface area (Å²) in [4.78, 5) is 19.3. The van der Waals surface area contributed by atoms with Crippen molar-refractivity contribution in [2.24, 2.45) is 10.9 Å². The highest BCUT2D eigenvalue weighted by molar-refractivity contribution is 5.81. The van der Waals surface area contributed by atoms with Gasteiger partial charge in [-0.3, -0.25) is 4.79 Å². The highest BCUT2D eigenvalue weighted by Gasteiger charge is 2.32. The van der Waals surface area contributed by atoms with Gasteiger partial charge in [0.25, 0.3) is 0 Å². The molecule has 2 N–H and O–H groups in total. The van der Waals surface area contributed by atoms with Gasteiger partial charge in [0, 0.05) is 31.6 Å². The monoisotopic (exact) mass is 402 g/mol. The second-order valence-electron chi connectivity index (χ2n) is 7.68. The van der Waals surface area contributed by atoms with E-state index in [0.717, 1.165) is 56.4 Å². The number of nitrogens with one attached hydrogen (secondary N) is 2. The van der Waals surface area contributed by atoms with E-state index in [1.807, 2.05) is 29.2 Å². The van der Waals surface area contributed by atoms with Crippen LogP contribution in [0.15, 0.2) is 29.3 Å². The number of carbonyl (C=O) groups is 1. The number of ether oxygens (including phenoxy) is 2. The molecule has 1 amide bonds. The van der Waals surface area contributed by atoms with Crippen LogP contribution < -0.4 is 20.1 Å². The Morgan fingerprint density at radius 1 is 1.17 bits per heavy atom. The van der Waals surface area contributed by atoms with Crippen LogP contribution in [0.2, 0.25) is 0 Å². The molecule has 3 rings (SSSR count). The SMILES string of the molecule is CCNC(=NCCOc1ccc(OC)cc1)NC1CCN(C(=O)C2CCCC2)C1. The average Bonchev–Trinajstić information content (AvgIpc) is 3.43. The van der Waals surface area contributed by atoms with E-state index in [1.54, 1.807) is 7.11 Å². The molecule has 0 spiro atoms. The summed E-state index contributed by atoms with van der Waals surface area (Å²) in [5, 5.41) is 6.76. The highest BCUT2D eigenvalue weighted by Crippen LogP contribution is 2.27. The lowest BCUT2D eigenvalue weighted by atomic mass is 10.1. The highest BCUT2D eigenvalue weighted by atomic mass is 16.5. The third-order valence-corrected chi connectivity index (χ3v) is 5.58. The molecule has 0 aromatic heterocycles. The number of amides is 1. The molecular formula is C22H34N4O3. The zero-order chi connectivity index (χ0) is 20.5. The lowest BCUT2D eigenvalue weighted by Crippen LogP contribution is -2.45. The van der Waals surface area contributed by atoms with Gasteiger partial charge in [0.05, 0.1) is 13.7 Å². The Labute approximate surface area is 173 Å². The maximum absolute atomic E-state index is 12.6. The molecule has 1 aliphatic heterocycles. The summed E-state index contributed by atoms with van der Waals surface area (Å²) in [6.07, 6.45) is 5.48. The predicted octanol–water partition coefficient (Wildman–Crippen LogP) is 2.42. The summed E-state index contributed by atoms with van der Waals surface area (Å²) < 4.78 is 10.9. The molecule has 2 aliphatic rings. The molecule has 1 saturated carbocycles. The van der Waals surface area contributed by atoms with Crippen molar-refractivity contribution in [3.8, 4) is 11.5 Å². The zero-order valence-electron chi connectivity index (χ0n) is 17.7. The van der Waals surface area contributed by atoms with Crippen LogP contribution in [-0.2, 0) is 4.79 Å². The van der Waals surface area contributed by atoms with Gasteiger partial charge in [0.15, 0.2) is 5.96 Å². The van der Waals surface area contributed by atoms with Gasteiger partial charge in [0.1, 0.15) is 18.1 Å². The van der Waals surface area contributed by atoms with Crippen molar-refractivity contribution in [2.45, 2.75) is 45.1 Å². The number of nitrogens with zero attached hydrogens (tertiary/aromatic N) is 2. The van der Waals surface area contributed by atoms with E-state index >= 15 is 0 Å². The fourth-order valence-corrected chi connectivity index (χ4v) is 4.02. The molecule has 29 heavy (non-hydrogen) atoms. The Morgan fingerprint density at radius 2 is 1.90 bits per heavy atom. The van der Waals surface area contributed by atoms with Crippen LogP contribution >= 0.6 is 0 Å². The number of guanidine groups is 1. The third-order valence-electron chi connectivity index (χ3n) is 5.58. The van der Waals surface area contributed by atoms with E-state index < -0.39 is 0 Å². The maximum atomic E-state index is 12.6. The van der Waals surface area contributed by atoms with E-state index in [2.05, 4.69) is 22.5 Å². The van der Waals surface area contributed by atoms with Crippen LogP contribution in [0.3, 0.4) is 0 Å². The average molecular weight is 403 g/mol. The minimum Gasteiger partial charge on any atom is -0.497 e. The van der Waals surface area contributed by atoms with Gasteiger partial charge < -0.3 is 25.0 Å². The quantitative estimate of drug-likeness (QED) is 0.397. The van der Waals surface area contributed by atoms with E-state index in [-0.39, 0.29) is 12.0 Å². The van der Waals surface area contributed by atoms with Crippen molar-refractivity contribution >= 4 is 11.9 Å². The first-order valence-corrected chi connectivity index (χ1v) is 10.8. The largest absolute Gasteiger partial charge is 0.497 e. The first kappa shape index (κ1) is 21.3. The second-order valence-corrected chi connectivity index (χ2v) is 7.68. The van der Waals surface area contributed by atoms with Crippen molar-refractivity contribution in [2.75, 3.05) is 39.9 Å². The van der Waals surface area contributed by atoms with Crippen LogP contribution in [0.1, 0.15) is 39.0 Å². The molecule has 1 aromatic carbocycles. The number of carbonyl (C=O) groups excluding carboxylic acids is 1. The molecule has 2 fully saturated rings. The predicted molar refractivity (Wildman–Crippen MR) is 115 cm³/mol. The minimum absolute atomic E-state index is 0.251. The Balaban J connectivity index is 1.43. The molecule has 1 heterocycles. The normalized spacial score (nSPS) is 20.0. The van der Waals surface area contributed by atoms with Gasteiger partial charge >= 0.3 is 0 Å². The van der Waals surface area contributed by atoms with Crippen LogP contribution in [0.4, 0.5) is 0 Å². The van der Waals surface area contributed by atoms with Crippen molar-refractivity contribution in [1.29, 1.82) is 0 Å². The molecule has 1 unspecified atom stereocenters. The Hall–Kier alpha value is -2.44. The molecule has 0 radical (unpaired) electrons. The first-order chi connectivity index (χ1) is 14.2. The Morgan fingerprint density at radius 3 is 2.59 bits per heavy atom. The van der Waals surface area contributed by atoms with E-state index in [9.17, 15) is 4.79 Å². The van der Waals surface area contributed by atoms with E-state index in [1.165, 1.54) is 12.8 Å². The molecular weight excluding hydrogens is 368 g/mol. The third kappa shape index (κ3) is 6.27. The molecule has 0 bridgehead atoms. The summed E-state index contributed by atoms with van der Waals surface area (Å²) in [6.45, 7) is 5.51. The van der Waals surface area contributed by atoms with Crippen LogP contribution in [0, 0.1) is 5.92 Å². The lowest BCUT2D eigenvalue weighted by molar-refractivity contribution is -0.134. The van der Waals surface area contributed by atoms with Gasteiger partial charge in [-0.25, -0.2) is 4.99 Å². The van der Waals surface area contributed by atoms with E-state index in [0.29, 0.717) is 19.1 Å². The summed E-state index contributed by atoms with van der Waals surface area (Å²) in [5.41, 5.74) is 0. The van der Waals surface area contributed by atoms with Gasteiger partial charge in [0.2, 0.25) is 5.91 Å². The molecule has 1 aromatic rings. The topological polar surface area (TPSA) is 75.2 Å². The number of hydrogen-bond acceptors (Lipinski definition) is 4. The van der Waals surface area contributed by atoms with Crippen molar-refractivity contribution in [3.63, 3.8) is 0 Å². The molecule has 7 heteroatoms. The van der Waals surface area contributed by atoms with Crippen LogP contribution in [-0.4, -0.2) is 62.7 Å². The molecule has 1 saturated heterocycles. The first-order valence-electron chi connectivity index (χ1n) is 10.8. The summed E-state index contributed by atoms with van der Waals surface area (Å²) in [7, 11) is 1.65. The standard InChI is InChI=1S/C22H34N4O3/c1-3-23-22(24-13-15-29-20-10-8-19(28-2)9-11-20)25-18-12-14-26(16-18)21(27)17-6-4-5-7-17/h8-11,17-18H,3-7,12-16H2,1-2H3,(H2,23,24,25).